The Balaban J connectivity index is 1.38. The van der Waals surface area contributed by atoms with Crippen molar-refractivity contribution in [2.75, 3.05) is 13.1 Å². The molecule has 2 saturated carbocycles. The maximum absolute atomic E-state index is 13.2. The quantitative estimate of drug-likeness (QED) is 0.831. The zero-order chi connectivity index (χ0) is 19.6. The van der Waals surface area contributed by atoms with E-state index in [1.54, 1.807) is 13.0 Å². The van der Waals surface area contributed by atoms with Crippen molar-refractivity contribution >= 4 is 5.91 Å². The Kier molecular flexibility index (Phi) is 4.15. The van der Waals surface area contributed by atoms with Crippen LogP contribution in [0.15, 0.2) is 18.2 Å². The van der Waals surface area contributed by atoms with Gasteiger partial charge in [-0.25, -0.2) is 0 Å². The molecule has 1 spiro atoms. The molecule has 4 rings (SSSR count). The van der Waals surface area contributed by atoms with Gasteiger partial charge in [0.2, 0.25) is 5.91 Å². The lowest BCUT2D eigenvalue weighted by Crippen LogP contribution is -2.61. The highest BCUT2D eigenvalue weighted by atomic mass is 19.4. The first-order valence-electron chi connectivity index (χ1n) is 9.67. The molecule has 3 fully saturated rings. The van der Waals surface area contributed by atoms with Gasteiger partial charge in [0.05, 0.1) is 11.2 Å². The molecule has 0 radical (unpaired) electrons. The van der Waals surface area contributed by atoms with E-state index in [2.05, 4.69) is 0 Å². The third-order valence-corrected chi connectivity index (χ3v) is 6.83. The maximum Gasteiger partial charge on any atom is 0.416 e. The number of amides is 1. The highest BCUT2D eigenvalue weighted by Crippen LogP contribution is 2.53. The largest absolute Gasteiger partial charge is 0.416 e. The number of aryl methyl sites for hydroxylation is 1. The van der Waals surface area contributed by atoms with E-state index in [1.807, 2.05) is 11.0 Å². The van der Waals surface area contributed by atoms with Crippen molar-refractivity contribution in [3.05, 3.63) is 34.9 Å². The zero-order valence-electron chi connectivity index (χ0n) is 15.8. The van der Waals surface area contributed by atoms with Crippen molar-refractivity contribution in [1.29, 1.82) is 0 Å². The standard InChI is InChI=1S/C21H26F3NO2/c1-13-3-4-14(7-17(13)21(22,23)24)15-5-6-20(10-15)11-25(12-20)18(26)16-8-19(2,27)9-16/h3-4,7,15-16,27H,5-6,8-12H2,1-2H3/t15-,16?,19?/m1/s1. The third kappa shape index (κ3) is 3.37. The summed E-state index contributed by atoms with van der Waals surface area (Å²) < 4.78 is 39.6. The first kappa shape index (κ1) is 18.8. The van der Waals surface area contributed by atoms with Crippen LogP contribution in [0.2, 0.25) is 0 Å². The lowest BCUT2D eigenvalue weighted by molar-refractivity contribution is -0.161. The number of halogens is 3. The van der Waals surface area contributed by atoms with E-state index < -0.39 is 17.3 Å². The molecule has 1 heterocycles. The van der Waals surface area contributed by atoms with E-state index in [9.17, 15) is 23.1 Å². The summed E-state index contributed by atoms with van der Waals surface area (Å²) >= 11 is 0. The van der Waals surface area contributed by atoms with Gasteiger partial charge in [-0.1, -0.05) is 12.1 Å². The SMILES string of the molecule is Cc1ccc([C@@H]2CCC3(C2)CN(C(=O)C2CC(C)(O)C2)C3)cc1C(F)(F)F. The van der Waals surface area contributed by atoms with Crippen molar-refractivity contribution in [2.45, 2.75) is 63.6 Å². The topological polar surface area (TPSA) is 40.5 Å². The predicted octanol–water partition coefficient (Wildman–Crippen LogP) is 4.27. The fourth-order valence-corrected chi connectivity index (χ4v) is 5.33. The van der Waals surface area contributed by atoms with Crippen LogP contribution < -0.4 is 0 Å². The van der Waals surface area contributed by atoms with Crippen molar-refractivity contribution in [1.82, 2.24) is 4.90 Å². The van der Waals surface area contributed by atoms with Gasteiger partial charge in [0.1, 0.15) is 0 Å². The normalized spacial score (nSPS) is 32.3. The van der Waals surface area contributed by atoms with E-state index in [-0.39, 0.29) is 28.7 Å². The molecular weight excluding hydrogens is 355 g/mol. The van der Waals surface area contributed by atoms with Gasteiger partial charge in [-0.2, -0.15) is 13.2 Å². The summed E-state index contributed by atoms with van der Waals surface area (Å²) in [5, 5.41) is 9.82. The molecule has 3 nitrogen and oxygen atoms in total. The molecule has 0 bridgehead atoms. The van der Waals surface area contributed by atoms with Gasteiger partial charge in [0.15, 0.2) is 0 Å². The summed E-state index contributed by atoms with van der Waals surface area (Å²) in [7, 11) is 0. The van der Waals surface area contributed by atoms with Crippen LogP contribution in [0.3, 0.4) is 0 Å². The molecule has 0 unspecified atom stereocenters. The zero-order valence-corrected chi connectivity index (χ0v) is 15.8. The Morgan fingerprint density at radius 2 is 1.89 bits per heavy atom. The smallest absolute Gasteiger partial charge is 0.390 e. The Hall–Kier alpha value is -1.56. The Bertz CT molecular complexity index is 757. The van der Waals surface area contributed by atoms with E-state index >= 15 is 0 Å². The fraction of sp³-hybridized carbons (Fsp3) is 0.667. The molecule has 1 amide bonds. The van der Waals surface area contributed by atoms with Crippen LogP contribution >= 0.6 is 0 Å². The van der Waals surface area contributed by atoms with Crippen LogP contribution in [0.25, 0.3) is 0 Å². The minimum Gasteiger partial charge on any atom is -0.390 e. The molecule has 1 aromatic carbocycles. The molecule has 3 aliphatic rings. The molecule has 1 aliphatic heterocycles. The van der Waals surface area contributed by atoms with E-state index in [4.69, 9.17) is 0 Å². The first-order chi connectivity index (χ1) is 12.5. The van der Waals surface area contributed by atoms with Gasteiger partial charge in [-0.15, -0.1) is 0 Å². The summed E-state index contributed by atoms with van der Waals surface area (Å²) in [6, 6.07) is 4.71. The third-order valence-electron chi connectivity index (χ3n) is 6.83. The fourth-order valence-electron chi connectivity index (χ4n) is 5.33. The number of alkyl halides is 3. The van der Waals surface area contributed by atoms with Crippen LogP contribution in [-0.2, 0) is 11.0 Å². The molecule has 0 aromatic heterocycles. The molecule has 27 heavy (non-hydrogen) atoms. The average Bonchev–Trinajstić information content (AvgIpc) is 2.95. The van der Waals surface area contributed by atoms with Crippen LogP contribution in [0.1, 0.15) is 61.6 Å². The molecule has 6 heteroatoms. The van der Waals surface area contributed by atoms with Crippen LogP contribution in [0, 0.1) is 18.3 Å². The van der Waals surface area contributed by atoms with Gasteiger partial charge >= 0.3 is 6.18 Å². The molecular formula is C21H26F3NO2. The number of aliphatic hydroxyl groups is 1. The highest BCUT2D eigenvalue weighted by molar-refractivity contribution is 5.81. The van der Waals surface area contributed by atoms with Gasteiger partial charge in [0, 0.05) is 24.4 Å². The summed E-state index contributed by atoms with van der Waals surface area (Å²) in [5.41, 5.74) is -0.150. The summed E-state index contributed by atoms with van der Waals surface area (Å²) in [4.78, 5) is 14.3. The predicted molar refractivity (Wildman–Crippen MR) is 95.1 cm³/mol. The second kappa shape index (κ2) is 5.97. The van der Waals surface area contributed by atoms with Gasteiger partial charge in [0.25, 0.3) is 0 Å². The Morgan fingerprint density at radius 1 is 1.22 bits per heavy atom. The number of hydrogen-bond acceptors (Lipinski definition) is 2. The highest BCUT2D eigenvalue weighted by Gasteiger charge is 2.53. The Morgan fingerprint density at radius 3 is 2.48 bits per heavy atom. The summed E-state index contributed by atoms with van der Waals surface area (Å²) in [6.07, 6.45) is -0.581. The van der Waals surface area contributed by atoms with Crippen LogP contribution in [0.4, 0.5) is 13.2 Å². The van der Waals surface area contributed by atoms with E-state index in [0.717, 1.165) is 24.8 Å². The van der Waals surface area contributed by atoms with E-state index in [1.165, 1.54) is 13.0 Å². The average molecular weight is 381 g/mol. The number of likely N-dealkylation sites (tertiary alicyclic amines) is 1. The van der Waals surface area contributed by atoms with Crippen molar-refractivity contribution in [3.63, 3.8) is 0 Å². The van der Waals surface area contributed by atoms with Crippen molar-refractivity contribution < 1.29 is 23.1 Å². The molecule has 148 valence electrons. The Labute approximate surface area is 157 Å². The molecule has 1 saturated heterocycles. The van der Waals surface area contributed by atoms with Crippen molar-refractivity contribution in [3.8, 4) is 0 Å². The van der Waals surface area contributed by atoms with Crippen LogP contribution in [-0.4, -0.2) is 34.6 Å². The number of carbonyl (C=O) groups is 1. The minimum atomic E-state index is -4.32. The van der Waals surface area contributed by atoms with Crippen molar-refractivity contribution in [2.24, 2.45) is 11.3 Å². The first-order valence-corrected chi connectivity index (χ1v) is 9.67. The van der Waals surface area contributed by atoms with Gasteiger partial charge in [-0.05, 0) is 69.1 Å². The number of hydrogen-bond donors (Lipinski definition) is 1. The number of rotatable bonds is 2. The summed E-state index contributed by atoms with van der Waals surface area (Å²) in [5.74, 6) is 0.194. The number of carbonyl (C=O) groups excluding carboxylic acids is 1. The maximum atomic E-state index is 13.2. The number of benzene rings is 1. The molecule has 1 aromatic rings. The second-order valence-electron chi connectivity index (χ2n) is 9.31. The minimum absolute atomic E-state index is 0.0654. The number of nitrogens with zero attached hydrogens (tertiary/aromatic N) is 1. The second-order valence-corrected chi connectivity index (χ2v) is 9.31. The lowest BCUT2D eigenvalue weighted by Gasteiger charge is -2.52. The summed E-state index contributed by atoms with van der Waals surface area (Å²) in [6.45, 7) is 4.67. The molecule has 2 aliphatic carbocycles. The van der Waals surface area contributed by atoms with Crippen LogP contribution in [0.5, 0.6) is 0 Å². The molecule has 1 atom stereocenters. The van der Waals surface area contributed by atoms with E-state index in [0.29, 0.717) is 25.9 Å². The monoisotopic (exact) mass is 381 g/mol. The van der Waals surface area contributed by atoms with Gasteiger partial charge < -0.3 is 10.0 Å². The molecule has 1 N–H and O–H groups in total. The van der Waals surface area contributed by atoms with Gasteiger partial charge in [-0.3, -0.25) is 4.79 Å². The lowest BCUT2D eigenvalue weighted by atomic mass is 9.69.